The number of aromatic nitrogens is 1. The van der Waals surface area contributed by atoms with E-state index in [4.69, 9.17) is 21.1 Å². The first-order valence-electron chi connectivity index (χ1n) is 4.07. The molecule has 6 heteroatoms. The molecule has 0 aliphatic heterocycles. The van der Waals surface area contributed by atoms with Crippen LogP contribution >= 0.6 is 22.9 Å². The van der Waals surface area contributed by atoms with Crippen LogP contribution in [0.1, 0.15) is 5.69 Å². The highest BCUT2D eigenvalue weighted by Gasteiger charge is 2.14. The Morgan fingerprint density at radius 1 is 1.67 bits per heavy atom. The van der Waals surface area contributed by atoms with Gasteiger partial charge in [0.15, 0.2) is 10.8 Å². The van der Waals surface area contributed by atoms with Gasteiger partial charge in [-0.25, -0.2) is 4.98 Å². The van der Waals surface area contributed by atoms with Crippen LogP contribution in [-0.2, 0) is 11.2 Å². The molecule has 0 bridgehead atoms. The van der Waals surface area contributed by atoms with Gasteiger partial charge >= 0.3 is 5.97 Å². The average molecular weight is 244 g/mol. The van der Waals surface area contributed by atoms with Crippen LogP contribution < -0.4 is 0 Å². The molecule has 4 nitrogen and oxygen atoms in total. The number of carboxylic acids is 1. The van der Waals surface area contributed by atoms with Crippen LogP contribution in [-0.4, -0.2) is 16.1 Å². The van der Waals surface area contributed by atoms with E-state index in [0.29, 0.717) is 20.8 Å². The lowest BCUT2D eigenvalue weighted by Crippen LogP contribution is -2.00. The summed E-state index contributed by atoms with van der Waals surface area (Å²) in [5.41, 5.74) is 0.376. The summed E-state index contributed by atoms with van der Waals surface area (Å²) in [4.78, 5) is 14.6. The number of nitrogens with zero attached hydrogens (tertiary/aromatic N) is 1. The molecule has 2 heterocycles. The minimum absolute atomic E-state index is 0.171. The number of rotatable bonds is 3. The molecular weight excluding hydrogens is 238 g/mol. The Bertz CT molecular complexity index is 478. The topological polar surface area (TPSA) is 63.3 Å². The molecule has 0 atom stereocenters. The van der Waals surface area contributed by atoms with Crippen LogP contribution in [0, 0.1) is 0 Å². The van der Waals surface area contributed by atoms with Gasteiger partial charge in [-0.1, -0.05) is 22.9 Å². The Balaban J connectivity index is 2.33. The SMILES string of the molecule is O=C(O)Cc1nc(-c2ccco2)sc1Cl. The zero-order valence-corrected chi connectivity index (χ0v) is 9.01. The van der Waals surface area contributed by atoms with Gasteiger partial charge in [0.1, 0.15) is 4.34 Å². The first-order chi connectivity index (χ1) is 7.16. The molecule has 0 radical (unpaired) electrons. The normalized spacial score (nSPS) is 10.5. The molecule has 0 saturated heterocycles. The predicted octanol–water partition coefficient (Wildman–Crippen LogP) is 2.68. The number of hydrogen-bond donors (Lipinski definition) is 1. The summed E-state index contributed by atoms with van der Waals surface area (Å²) in [6.45, 7) is 0. The quantitative estimate of drug-likeness (QED) is 0.900. The molecule has 0 aliphatic rings. The van der Waals surface area contributed by atoms with Crippen molar-refractivity contribution in [1.29, 1.82) is 0 Å². The molecule has 15 heavy (non-hydrogen) atoms. The van der Waals surface area contributed by atoms with Gasteiger partial charge in [-0.2, -0.15) is 0 Å². The van der Waals surface area contributed by atoms with E-state index in [9.17, 15) is 4.79 Å². The Kier molecular flexibility index (Phi) is 2.75. The largest absolute Gasteiger partial charge is 0.481 e. The van der Waals surface area contributed by atoms with Gasteiger partial charge in [-0.3, -0.25) is 4.79 Å². The van der Waals surface area contributed by atoms with Gasteiger partial charge < -0.3 is 9.52 Å². The van der Waals surface area contributed by atoms with Crippen molar-refractivity contribution in [3.63, 3.8) is 0 Å². The summed E-state index contributed by atoms with van der Waals surface area (Å²) >= 11 is 7.07. The third-order valence-corrected chi connectivity index (χ3v) is 3.05. The van der Waals surface area contributed by atoms with Gasteiger partial charge in [-0.15, -0.1) is 0 Å². The molecule has 0 spiro atoms. The zero-order chi connectivity index (χ0) is 10.8. The van der Waals surface area contributed by atoms with E-state index in [1.54, 1.807) is 12.1 Å². The molecule has 2 rings (SSSR count). The summed E-state index contributed by atoms with van der Waals surface area (Å²) in [5, 5.41) is 9.21. The fraction of sp³-hybridized carbons (Fsp3) is 0.111. The molecule has 2 aromatic rings. The lowest BCUT2D eigenvalue weighted by molar-refractivity contribution is -0.136. The zero-order valence-electron chi connectivity index (χ0n) is 7.44. The van der Waals surface area contributed by atoms with Crippen molar-refractivity contribution in [1.82, 2.24) is 4.98 Å². The predicted molar refractivity (Wildman–Crippen MR) is 56.2 cm³/mol. The molecule has 0 fully saturated rings. The van der Waals surface area contributed by atoms with Crippen LogP contribution in [0.25, 0.3) is 10.8 Å². The number of carbonyl (C=O) groups is 1. The van der Waals surface area contributed by atoms with E-state index in [2.05, 4.69) is 4.98 Å². The summed E-state index contributed by atoms with van der Waals surface area (Å²) in [7, 11) is 0. The number of thiazole rings is 1. The molecule has 78 valence electrons. The van der Waals surface area contributed by atoms with Gasteiger partial charge in [-0.05, 0) is 12.1 Å². The van der Waals surface area contributed by atoms with Crippen LogP contribution in [0.3, 0.4) is 0 Å². The minimum atomic E-state index is -0.951. The first kappa shape index (κ1) is 10.2. The number of aliphatic carboxylic acids is 1. The van der Waals surface area contributed by atoms with Crippen LogP contribution in [0.15, 0.2) is 22.8 Å². The van der Waals surface area contributed by atoms with Crippen molar-refractivity contribution in [3.05, 3.63) is 28.4 Å². The number of halogens is 1. The highest BCUT2D eigenvalue weighted by atomic mass is 35.5. The van der Waals surface area contributed by atoms with Gasteiger partial charge in [0, 0.05) is 0 Å². The number of furan rings is 1. The average Bonchev–Trinajstić information content (AvgIpc) is 2.75. The van der Waals surface area contributed by atoms with Crippen molar-refractivity contribution in [2.75, 3.05) is 0 Å². The number of carboxylic acid groups (broad SMARTS) is 1. The molecule has 1 N–H and O–H groups in total. The first-order valence-corrected chi connectivity index (χ1v) is 5.27. The number of hydrogen-bond acceptors (Lipinski definition) is 4. The summed E-state index contributed by atoms with van der Waals surface area (Å²) < 4.78 is 5.53. The fourth-order valence-electron chi connectivity index (χ4n) is 1.09. The third kappa shape index (κ3) is 2.19. The summed E-state index contributed by atoms with van der Waals surface area (Å²) in [5.74, 6) is -0.355. The molecule has 0 aromatic carbocycles. The van der Waals surface area contributed by atoms with Crippen molar-refractivity contribution in [2.45, 2.75) is 6.42 Å². The molecular formula is C9H6ClNO3S. The van der Waals surface area contributed by atoms with Gasteiger partial charge in [0.2, 0.25) is 0 Å². The van der Waals surface area contributed by atoms with Crippen molar-refractivity contribution in [3.8, 4) is 10.8 Å². The van der Waals surface area contributed by atoms with Crippen molar-refractivity contribution < 1.29 is 14.3 Å². The lowest BCUT2D eigenvalue weighted by Gasteiger charge is -1.89. The molecule has 2 aromatic heterocycles. The molecule has 0 amide bonds. The Labute approximate surface area is 94.1 Å². The van der Waals surface area contributed by atoms with E-state index in [1.165, 1.54) is 17.6 Å². The van der Waals surface area contributed by atoms with Gasteiger partial charge in [0.25, 0.3) is 0 Å². The second kappa shape index (κ2) is 4.04. The maximum atomic E-state index is 10.5. The van der Waals surface area contributed by atoms with E-state index in [-0.39, 0.29) is 6.42 Å². The monoisotopic (exact) mass is 243 g/mol. The van der Waals surface area contributed by atoms with Crippen molar-refractivity contribution in [2.24, 2.45) is 0 Å². The fourth-order valence-corrected chi connectivity index (χ4v) is 2.20. The van der Waals surface area contributed by atoms with Crippen LogP contribution in [0.5, 0.6) is 0 Å². The van der Waals surface area contributed by atoms with E-state index < -0.39 is 5.97 Å². The minimum Gasteiger partial charge on any atom is -0.481 e. The third-order valence-electron chi connectivity index (χ3n) is 1.70. The maximum Gasteiger partial charge on any atom is 0.309 e. The van der Waals surface area contributed by atoms with E-state index >= 15 is 0 Å². The van der Waals surface area contributed by atoms with Crippen LogP contribution in [0.4, 0.5) is 0 Å². The summed E-state index contributed by atoms with van der Waals surface area (Å²) in [6.07, 6.45) is 1.36. The van der Waals surface area contributed by atoms with E-state index in [1.807, 2.05) is 0 Å². The highest BCUT2D eigenvalue weighted by molar-refractivity contribution is 7.19. The van der Waals surface area contributed by atoms with Gasteiger partial charge in [0.05, 0.1) is 18.4 Å². The molecule has 0 saturated carbocycles. The smallest absolute Gasteiger partial charge is 0.309 e. The Morgan fingerprint density at radius 3 is 3.07 bits per heavy atom. The van der Waals surface area contributed by atoms with Crippen molar-refractivity contribution >= 4 is 28.9 Å². The molecule has 0 aliphatic carbocycles. The maximum absolute atomic E-state index is 10.5. The highest BCUT2D eigenvalue weighted by Crippen LogP contribution is 2.32. The Hall–Kier alpha value is -1.33. The second-order valence-corrected chi connectivity index (χ2v) is 4.39. The van der Waals surface area contributed by atoms with E-state index in [0.717, 1.165) is 0 Å². The molecule has 0 unspecified atom stereocenters. The lowest BCUT2D eigenvalue weighted by atomic mass is 10.3. The standard InChI is InChI=1S/C9H6ClNO3S/c10-8-5(4-7(12)13)11-9(15-8)6-2-1-3-14-6/h1-3H,4H2,(H,12,13). The summed E-state index contributed by atoms with van der Waals surface area (Å²) in [6, 6.07) is 3.49. The Morgan fingerprint density at radius 2 is 2.47 bits per heavy atom. The second-order valence-electron chi connectivity index (χ2n) is 2.79. The van der Waals surface area contributed by atoms with Crippen LogP contribution in [0.2, 0.25) is 4.34 Å².